The van der Waals surface area contributed by atoms with Gasteiger partial charge in [-0.1, -0.05) is 31.9 Å². The highest BCUT2D eigenvalue weighted by Crippen LogP contribution is 2.28. The smallest absolute Gasteiger partial charge is 0.180 e. The standard InChI is InChI=1S/C11H10Br2N2S/c1-6-10(16-11(14)15-6)5-7-4-8(12)2-3-9(7)13/h2-4H,5H2,1H3,(H2,14,15). The third-order valence-electron chi connectivity index (χ3n) is 2.27. The largest absolute Gasteiger partial charge is 0.375 e. The number of anilines is 1. The molecule has 0 saturated heterocycles. The highest BCUT2D eigenvalue weighted by atomic mass is 79.9. The molecular formula is C11H10Br2N2S. The van der Waals surface area contributed by atoms with Crippen LogP contribution < -0.4 is 5.73 Å². The molecule has 2 rings (SSSR count). The van der Waals surface area contributed by atoms with Gasteiger partial charge in [-0.2, -0.15) is 0 Å². The third-order valence-corrected chi connectivity index (χ3v) is 4.52. The molecule has 0 unspecified atom stereocenters. The van der Waals surface area contributed by atoms with E-state index in [0.717, 1.165) is 21.1 Å². The summed E-state index contributed by atoms with van der Waals surface area (Å²) in [5, 5.41) is 0.638. The van der Waals surface area contributed by atoms with E-state index >= 15 is 0 Å². The molecule has 2 N–H and O–H groups in total. The van der Waals surface area contributed by atoms with Gasteiger partial charge in [0.05, 0.1) is 5.69 Å². The van der Waals surface area contributed by atoms with Crippen LogP contribution in [0.2, 0.25) is 0 Å². The number of aromatic nitrogens is 1. The fourth-order valence-electron chi connectivity index (χ4n) is 1.47. The Morgan fingerprint density at radius 1 is 1.38 bits per heavy atom. The van der Waals surface area contributed by atoms with Crippen LogP contribution in [0.3, 0.4) is 0 Å². The summed E-state index contributed by atoms with van der Waals surface area (Å²) in [7, 11) is 0. The highest BCUT2D eigenvalue weighted by molar-refractivity contribution is 9.11. The van der Waals surface area contributed by atoms with Crippen molar-refractivity contribution in [2.75, 3.05) is 5.73 Å². The molecule has 0 atom stereocenters. The van der Waals surface area contributed by atoms with E-state index in [9.17, 15) is 0 Å². The van der Waals surface area contributed by atoms with E-state index < -0.39 is 0 Å². The number of nitrogen functional groups attached to an aromatic ring is 1. The summed E-state index contributed by atoms with van der Waals surface area (Å²) in [6.45, 7) is 1.99. The van der Waals surface area contributed by atoms with E-state index in [0.29, 0.717) is 5.13 Å². The van der Waals surface area contributed by atoms with E-state index in [2.05, 4.69) is 42.9 Å². The molecule has 0 bridgehead atoms. The zero-order chi connectivity index (χ0) is 11.7. The predicted molar refractivity (Wildman–Crippen MR) is 75.9 cm³/mol. The molecule has 0 spiro atoms. The molecule has 2 aromatic rings. The molecule has 2 nitrogen and oxygen atoms in total. The zero-order valence-corrected chi connectivity index (χ0v) is 12.6. The first-order chi connectivity index (χ1) is 7.56. The Bertz CT molecular complexity index is 523. The minimum Gasteiger partial charge on any atom is -0.375 e. The number of rotatable bonds is 2. The molecular weight excluding hydrogens is 352 g/mol. The van der Waals surface area contributed by atoms with Crippen molar-refractivity contribution >= 4 is 48.3 Å². The fraction of sp³-hybridized carbons (Fsp3) is 0.182. The highest BCUT2D eigenvalue weighted by Gasteiger charge is 2.08. The van der Waals surface area contributed by atoms with Crippen LogP contribution in [-0.4, -0.2) is 4.98 Å². The minimum absolute atomic E-state index is 0.638. The Kier molecular flexibility index (Phi) is 3.66. The van der Waals surface area contributed by atoms with E-state index in [1.54, 1.807) is 11.3 Å². The van der Waals surface area contributed by atoms with Crippen LogP contribution in [0.15, 0.2) is 27.1 Å². The topological polar surface area (TPSA) is 38.9 Å². The summed E-state index contributed by atoms with van der Waals surface area (Å²) in [6.07, 6.45) is 0.862. The van der Waals surface area contributed by atoms with Crippen LogP contribution >= 0.6 is 43.2 Å². The van der Waals surface area contributed by atoms with Gasteiger partial charge in [-0.05, 0) is 30.7 Å². The number of hydrogen-bond acceptors (Lipinski definition) is 3. The number of benzene rings is 1. The molecule has 1 aromatic heterocycles. The lowest BCUT2D eigenvalue weighted by atomic mass is 10.1. The Hall–Kier alpha value is -0.390. The first kappa shape index (κ1) is 12.1. The van der Waals surface area contributed by atoms with Gasteiger partial charge in [0.1, 0.15) is 0 Å². The molecule has 1 aromatic carbocycles. The first-order valence-electron chi connectivity index (χ1n) is 4.72. The molecule has 0 aliphatic rings. The second-order valence-corrected chi connectivity index (χ2v) is 6.36. The summed E-state index contributed by atoms with van der Waals surface area (Å²) < 4.78 is 2.20. The summed E-state index contributed by atoms with van der Waals surface area (Å²) in [6, 6.07) is 6.17. The Morgan fingerprint density at radius 2 is 2.12 bits per heavy atom. The number of aryl methyl sites for hydroxylation is 1. The number of hydrogen-bond donors (Lipinski definition) is 1. The third kappa shape index (κ3) is 2.64. The maximum absolute atomic E-state index is 5.69. The minimum atomic E-state index is 0.638. The molecule has 0 aliphatic carbocycles. The van der Waals surface area contributed by atoms with Gasteiger partial charge in [0, 0.05) is 20.2 Å². The lowest BCUT2D eigenvalue weighted by Gasteiger charge is -2.04. The summed E-state index contributed by atoms with van der Waals surface area (Å²) >= 11 is 8.58. The number of nitrogens with two attached hydrogens (primary N) is 1. The van der Waals surface area contributed by atoms with Gasteiger partial charge in [0.25, 0.3) is 0 Å². The van der Waals surface area contributed by atoms with E-state index in [1.165, 1.54) is 10.4 Å². The maximum atomic E-state index is 5.69. The quantitative estimate of drug-likeness (QED) is 0.872. The second-order valence-electron chi connectivity index (χ2n) is 3.47. The molecule has 5 heteroatoms. The Morgan fingerprint density at radius 3 is 2.75 bits per heavy atom. The van der Waals surface area contributed by atoms with Gasteiger partial charge >= 0.3 is 0 Å². The van der Waals surface area contributed by atoms with Crippen molar-refractivity contribution in [3.05, 3.63) is 43.3 Å². The van der Waals surface area contributed by atoms with Crippen molar-refractivity contribution in [2.45, 2.75) is 13.3 Å². The maximum Gasteiger partial charge on any atom is 0.180 e. The van der Waals surface area contributed by atoms with Crippen molar-refractivity contribution < 1.29 is 0 Å². The molecule has 0 saturated carbocycles. The molecule has 0 fully saturated rings. The molecule has 1 heterocycles. The second kappa shape index (κ2) is 4.85. The Labute approximate surface area is 115 Å². The van der Waals surface area contributed by atoms with Crippen LogP contribution in [0.25, 0.3) is 0 Å². The number of thiazole rings is 1. The number of nitrogens with zero attached hydrogens (tertiary/aromatic N) is 1. The van der Waals surface area contributed by atoms with E-state index in [-0.39, 0.29) is 0 Å². The van der Waals surface area contributed by atoms with Crippen molar-refractivity contribution in [2.24, 2.45) is 0 Å². The van der Waals surface area contributed by atoms with E-state index in [1.807, 2.05) is 19.1 Å². The Balaban J connectivity index is 2.33. The lowest BCUT2D eigenvalue weighted by molar-refractivity contribution is 1.14. The summed E-state index contributed by atoms with van der Waals surface area (Å²) in [5.41, 5.74) is 7.95. The van der Waals surface area contributed by atoms with Crippen LogP contribution in [0, 0.1) is 6.92 Å². The predicted octanol–water partition coefficient (Wildman–Crippen LogP) is 4.15. The van der Waals surface area contributed by atoms with Crippen molar-refractivity contribution in [3.8, 4) is 0 Å². The van der Waals surface area contributed by atoms with Gasteiger partial charge < -0.3 is 5.73 Å². The van der Waals surface area contributed by atoms with Crippen molar-refractivity contribution in [3.63, 3.8) is 0 Å². The van der Waals surface area contributed by atoms with Gasteiger partial charge in [-0.15, -0.1) is 11.3 Å². The van der Waals surface area contributed by atoms with Gasteiger partial charge in [0.15, 0.2) is 5.13 Å². The number of halogens is 2. The average molecular weight is 362 g/mol. The van der Waals surface area contributed by atoms with Crippen molar-refractivity contribution in [1.82, 2.24) is 4.98 Å². The van der Waals surface area contributed by atoms with Gasteiger partial charge in [-0.3, -0.25) is 0 Å². The normalized spacial score (nSPS) is 10.7. The molecule has 0 radical (unpaired) electrons. The van der Waals surface area contributed by atoms with E-state index in [4.69, 9.17) is 5.73 Å². The van der Waals surface area contributed by atoms with Crippen LogP contribution in [0.1, 0.15) is 16.1 Å². The SMILES string of the molecule is Cc1nc(N)sc1Cc1cc(Br)ccc1Br. The van der Waals surface area contributed by atoms with Crippen molar-refractivity contribution in [1.29, 1.82) is 0 Å². The van der Waals surface area contributed by atoms with Crippen LogP contribution in [-0.2, 0) is 6.42 Å². The first-order valence-corrected chi connectivity index (χ1v) is 7.12. The average Bonchev–Trinajstić information content (AvgIpc) is 2.51. The fourth-order valence-corrected chi connectivity index (χ4v) is 3.12. The van der Waals surface area contributed by atoms with Crippen LogP contribution in [0.4, 0.5) is 5.13 Å². The summed E-state index contributed by atoms with van der Waals surface area (Å²) in [5.74, 6) is 0. The summed E-state index contributed by atoms with van der Waals surface area (Å²) in [4.78, 5) is 5.45. The molecule has 16 heavy (non-hydrogen) atoms. The monoisotopic (exact) mass is 360 g/mol. The van der Waals surface area contributed by atoms with Crippen LogP contribution in [0.5, 0.6) is 0 Å². The van der Waals surface area contributed by atoms with Gasteiger partial charge in [0.2, 0.25) is 0 Å². The molecule has 84 valence electrons. The van der Waals surface area contributed by atoms with Gasteiger partial charge in [-0.25, -0.2) is 4.98 Å². The zero-order valence-electron chi connectivity index (χ0n) is 8.63. The lowest BCUT2D eigenvalue weighted by Crippen LogP contribution is -1.89. The molecule has 0 aliphatic heterocycles. The molecule has 0 amide bonds.